The number of anilines is 1. The molecule has 2 N–H and O–H groups in total. The van der Waals surface area contributed by atoms with E-state index in [1.165, 1.54) is 6.07 Å². The minimum absolute atomic E-state index is 0.0174. The first kappa shape index (κ1) is 19.2. The van der Waals surface area contributed by atoms with E-state index < -0.39 is 34.2 Å². The van der Waals surface area contributed by atoms with E-state index in [4.69, 9.17) is 0 Å². The molecule has 10 heteroatoms. The number of benzene rings is 2. The third-order valence-electron chi connectivity index (χ3n) is 3.93. The molecule has 0 radical (unpaired) electrons. The van der Waals surface area contributed by atoms with E-state index in [1.54, 1.807) is 31.2 Å². The molecule has 142 valence electrons. The van der Waals surface area contributed by atoms with Crippen LogP contribution in [-0.2, 0) is 9.59 Å². The third kappa shape index (κ3) is 3.49. The first-order valence-electron chi connectivity index (χ1n) is 7.84. The van der Waals surface area contributed by atoms with Crippen molar-refractivity contribution in [2.75, 3.05) is 4.90 Å². The lowest BCUT2D eigenvalue weighted by molar-refractivity contribution is -0.386. The number of nitro groups is 1. The first-order chi connectivity index (χ1) is 13.2. The number of nitrogens with one attached hydrogen (secondary N) is 1. The van der Waals surface area contributed by atoms with Crippen LogP contribution < -0.4 is 10.2 Å². The van der Waals surface area contributed by atoms with Gasteiger partial charge in [-0.3, -0.25) is 25.0 Å². The van der Waals surface area contributed by atoms with Gasteiger partial charge in [-0.15, -0.1) is 0 Å². The van der Waals surface area contributed by atoms with E-state index in [9.17, 15) is 29.6 Å². The fourth-order valence-corrected chi connectivity index (χ4v) is 3.12. The molecule has 2 aromatic carbocycles. The van der Waals surface area contributed by atoms with Crippen LogP contribution in [-0.4, -0.2) is 27.9 Å². The Morgan fingerprint density at radius 2 is 1.93 bits per heavy atom. The van der Waals surface area contributed by atoms with Crippen molar-refractivity contribution in [3.8, 4) is 5.75 Å². The fraction of sp³-hybridized carbons (Fsp3) is 0.0556. The fourth-order valence-electron chi connectivity index (χ4n) is 2.65. The monoisotopic (exact) mass is 445 g/mol. The predicted molar refractivity (Wildman–Crippen MR) is 103 cm³/mol. The number of phenols is 1. The number of urea groups is 1. The van der Waals surface area contributed by atoms with E-state index in [-0.39, 0.29) is 21.3 Å². The molecule has 0 spiro atoms. The van der Waals surface area contributed by atoms with Gasteiger partial charge in [0.1, 0.15) is 5.57 Å². The second-order valence-electron chi connectivity index (χ2n) is 5.92. The number of carbonyl (C=O) groups excluding carboxylic acids is 3. The predicted octanol–water partition coefficient (Wildman–Crippen LogP) is 3.04. The first-order valence-corrected chi connectivity index (χ1v) is 8.63. The highest BCUT2D eigenvalue weighted by atomic mass is 79.9. The van der Waals surface area contributed by atoms with Gasteiger partial charge in [0.2, 0.25) is 5.75 Å². The van der Waals surface area contributed by atoms with Gasteiger partial charge in [0.05, 0.1) is 15.1 Å². The zero-order valence-corrected chi connectivity index (χ0v) is 15.9. The normalized spacial score (nSPS) is 15.7. The Balaban J connectivity index is 2.08. The van der Waals surface area contributed by atoms with Gasteiger partial charge >= 0.3 is 11.7 Å². The van der Waals surface area contributed by atoms with Crippen LogP contribution in [0.15, 0.2) is 46.4 Å². The van der Waals surface area contributed by atoms with Crippen molar-refractivity contribution >= 4 is 51.2 Å². The Hall–Kier alpha value is -3.53. The molecule has 0 atom stereocenters. The van der Waals surface area contributed by atoms with E-state index >= 15 is 0 Å². The number of hydrogen-bond acceptors (Lipinski definition) is 6. The standard InChI is InChI=1S/C18H12BrN3O6/c1-9-3-2-4-11(5-9)21-17(25)12(16(24)20-18(21)26)6-10-7-13(19)15(23)14(8-10)22(27)28/h2-8,23H,1H3,(H,20,24,26)/b12-6+. The SMILES string of the molecule is Cc1cccc(N2C(=O)NC(=O)/C(=C\c3cc(Br)c(O)c([N+](=O)[O-])c3)C2=O)c1. The second-order valence-corrected chi connectivity index (χ2v) is 6.78. The highest BCUT2D eigenvalue weighted by molar-refractivity contribution is 9.10. The number of nitro benzene ring substituents is 1. The number of aromatic hydroxyl groups is 1. The zero-order valence-electron chi connectivity index (χ0n) is 14.3. The van der Waals surface area contributed by atoms with Crippen molar-refractivity contribution < 1.29 is 24.4 Å². The van der Waals surface area contributed by atoms with E-state index in [0.29, 0.717) is 0 Å². The Morgan fingerprint density at radius 1 is 1.21 bits per heavy atom. The molecule has 1 aliphatic heterocycles. The van der Waals surface area contributed by atoms with Crippen LogP contribution in [0.4, 0.5) is 16.2 Å². The van der Waals surface area contributed by atoms with Crippen LogP contribution in [0.3, 0.4) is 0 Å². The quantitative estimate of drug-likeness (QED) is 0.323. The summed E-state index contributed by atoms with van der Waals surface area (Å²) in [7, 11) is 0. The van der Waals surface area contributed by atoms with Crippen molar-refractivity contribution in [3.05, 3.63) is 67.7 Å². The summed E-state index contributed by atoms with van der Waals surface area (Å²) in [5, 5.41) is 22.9. The molecule has 0 aliphatic carbocycles. The molecule has 4 amide bonds. The van der Waals surface area contributed by atoms with Gasteiger partial charge in [-0.1, -0.05) is 12.1 Å². The number of rotatable bonds is 3. The second kappa shape index (κ2) is 7.24. The Bertz CT molecular complexity index is 1080. The number of phenolic OH excluding ortho intramolecular Hbond substituents is 1. The highest BCUT2D eigenvalue weighted by Gasteiger charge is 2.37. The van der Waals surface area contributed by atoms with Crippen LogP contribution in [0.25, 0.3) is 6.08 Å². The average Bonchev–Trinajstić information content (AvgIpc) is 2.61. The smallest absolute Gasteiger partial charge is 0.335 e. The van der Waals surface area contributed by atoms with Crippen LogP contribution in [0.5, 0.6) is 5.75 Å². The van der Waals surface area contributed by atoms with Crippen molar-refractivity contribution in [3.63, 3.8) is 0 Å². The lowest BCUT2D eigenvalue weighted by atomic mass is 10.1. The summed E-state index contributed by atoms with van der Waals surface area (Å²) in [6.07, 6.45) is 1.12. The van der Waals surface area contributed by atoms with Crippen LogP contribution in [0, 0.1) is 17.0 Å². The number of aryl methyl sites for hydroxylation is 1. The highest BCUT2D eigenvalue weighted by Crippen LogP contribution is 2.36. The van der Waals surface area contributed by atoms with E-state index in [0.717, 1.165) is 22.6 Å². The van der Waals surface area contributed by atoms with Gasteiger partial charge in [0.15, 0.2) is 0 Å². The molecule has 0 aromatic heterocycles. The Labute approximate surface area is 166 Å². The Morgan fingerprint density at radius 3 is 2.57 bits per heavy atom. The summed E-state index contributed by atoms with van der Waals surface area (Å²) in [5.41, 5.74) is 0.218. The van der Waals surface area contributed by atoms with Gasteiger partial charge in [-0.05, 0) is 58.3 Å². The number of amides is 4. The van der Waals surface area contributed by atoms with E-state index in [1.807, 2.05) is 0 Å². The summed E-state index contributed by atoms with van der Waals surface area (Å²) < 4.78 is 0.0174. The van der Waals surface area contributed by atoms with Gasteiger partial charge < -0.3 is 5.11 Å². The summed E-state index contributed by atoms with van der Waals surface area (Å²) in [6, 6.07) is 8.02. The molecule has 9 nitrogen and oxygen atoms in total. The van der Waals surface area contributed by atoms with Crippen LogP contribution in [0.1, 0.15) is 11.1 Å². The van der Waals surface area contributed by atoms with Gasteiger partial charge in [0.25, 0.3) is 11.8 Å². The molecule has 0 bridgehead atoms. The molecule has 28 heavy (non-hydrogen) atoms. The number of carbonyl (C=O) groups is 3. The van der Waals surface area contributed by atoms with Crippen molar-refractivity contribution in [2.45, 2.75) is 6.92 Å². The molecule has 1 saturated heterocycles. The van der Waals surface area contributed by atoms with Crippen LogP contribution >= 0.6 is 15.9 Å². The van der Waals surface area contributed by atoms with Gasteiger partial charge in [-0.2, -0.15) is 0 Å². The summed E-state index contributed by atoms with van der Waals surface area (Å²) in [4.78, 5) is 48.3. The van der Waals surface area contributed by atoms with Crippen molar-refractivity contribution in [1.82, 2.24) is 5.32 Å². The molecule has 1 heterocycles. The number of halogens is 1. The minimum Gasteiger partial charge on any atom is -0.501 e. The van der Waals surface area contributed by atoms with Crippen molar-refractivity contribution in [1.29, 1.82) is 0 Å². The molecule has 1 aliphatic rings. The van der Waals surface area contributed by atoms with Gasteiger partial charge in [-0.25, -0.2) is 9.69 Å². The zero-order chi connectivity index (χ0) is 20.6. The maximum Gasteiger partial charge on any atom is 0.335 e. The minimum atomic E-state index is -0.925. The third-order valence-corrected chi connectivity index (χ3v) is 4.54. The molecular formula is C18H12BrN3O6. The van der Waals surface area contributed by atoms with E-state index in [2.05, 4.69) is 21.2 Å². The average molecular weight is 446 g/mol. The topological polar surface area (TPSA) is 130 Å². The molecule has 2 aromatic rings. The molecular weight excluding hydrogens is 434 g/mol. The van der Waals surface area contributed by atoms with Crippen LogP contribution in [0.2, 0.25) is 0 Å². The van der Waals surface area contributed by atoms with Crippen molar-refractivity contribution in [2.24, 2.45) is 0 Å². The summed E-state index contributed by atoms with van der Waals surface area (Å²) in [5.74, 6) is -2.37. The molecule has 1 fully saturated rings. The Kier molecular flexibility index (Phi) is 4.97. The molecule has 0 saturated carbocycles. The molecule has 0 unspecified atom stereocenters. The molecule has 3 rings (SSSR count). The number of imide groups is 2. The number of hydrogen-bond donors (Lipinski definition) is 2. The maximum atomic E-state index is 12.8. The lowest BCUT2D eigenvalue weighted by Gasteiger charge is -2.26. The lowest BCUT2D eigenvalue weighted by Crippen LogP contribution is -2.54. The maximum absolute atomic E-state index is 12.8. The number of barbiturate groups is 1. The summed E-state index contributed by atoms with van der Waals surface area (Å²) >= 11 is 2.99. The largest absolute Gasteiger partial charge is 0.501 e. The number of nitrogens with zero attached hydrogens (tertiary/aromatic N) is 2. The summed E-state index contributed by atoms with van der Waals surface area (Å²) in [6.45, 7) is 1.78. The van der Waals surface area contributed by atoms with Gasteiger partial charge in [0, 0.05) is 6.07 Å².